The lowest BCUT2D eigenvalue weighted by Gasteiger charge is -2.45. The van der Waals surface area contributed by atoms with Gasteiger partial charge in [0.05, 0.1) is 0 Å². The Balaban J connectivity index is 3.07. The molecular weight excluding hydrogens is 489 g/mol. The predicted octanol–water partition coefficient (Wildman–Crippen LogP) is 5.77. The van der Waals surface area contributed by atoms with Gasteiger partial charge in [0.1, 0.15) is 6.10 Å². The van der Waals surface area contributed by atoms with Crippen molar-refractivity contribution in [2.75, 3.05) is 0 Å². The Hall–Kier alpha value is -0.572. The summed E-state index contributed by atoms with van der Waals surface area (Å²) in [5.41, 5.74) is -0.644. The van der Waals surface area contributed by atoms with Crippen LogP contribution in [0, 0.1) is 0 Å². The second kappa shape index (κ2) is 12.4. The Morgan fingerprint density at radius 2 is 1.18 bits per heavy atom. The van der Waals surface area contributed by atoms with Crippen LogP contribution in [0.3, 0.4) is 0 Å². The zero-order chi connectivity index (χ0) is 25.5. The fraction of sp³-hybridized carbons (Fsp3) is 0.818. The first-order chi connectivity index (χ1) is 14.9. The maximum atomic E-state index is 12.7. The van der Waals surface area contributed by atoms with Gasteiger partial charge in [0.15, 0.2) is 30.7 Å². The van der Waals surface area contributed by atoms with E-state index in [1.807, 2.05) is 6.92 Å². The van der Waals surface area contributed by atoms with E-state index in [0.717, 1.165) is 37.8 Å². The van der Waals surface area contributed by atoms with Crippen molar-refractivity contribution in [1.82, 2.24) is 0 Å². The van der Waals surface area contributed by atoms with Gasteiger partial charge in [-0.2, -0.15) is 0 Å². The number of hydrogen-bond donors (Lipinski definition) is 0. The monoisotopic (exact) mass is 534 g/mol. The Kier molecular flexibility index (Phi) is 11.5. The van der Waals surface area contributed by atoms with E-state index in [1.54, 1.807) is 0 Å². The minimum atomic E-state index is -3.39. The summed E-state index contributed by atoms with van der Waals surface area (Å²) in [7, 11) is -9.73. The van der Waals surface area contributed by atoms with Gasteiger partial charge in [0.25, 0.3) is 0 Å². The molecule has 0 aromatic carbocycles. The minimum absolute atomic E-state index is 0.0594. The molecule has 33 heavy (non-hydrogen) atoms. The van der Waals surface area contributed by atoms with E-state index >= 15 is 0 Å². The molecule has 1 atom stereocenters. The van der Waals surface area contributed by atoms with E-state index in [0.29, 0.717) is 6.42 Å². The second-order valence-corrected chi connectivity index (χ2v) is 28.6. The number of esters is 2. The normalized spacial score (nSPS) is 17.8. The topological polar surface area (TPSA) is 80.3 Å². The van der Waals surface area contributed by atoms with Gasteiger partial charge in [-0.25, -0.2) is 9.59 Å². The average molecular weight is 535 g/mol. The van der Waals surface area contributed by atoms with E-state index < -0.39 is 51.4 Å². The molecule has 0 aromatic rings. The highest BCUT2D eigenvalue weighted by Crippen LogP contribution is 2.31. The lowest BCUT2D eigenvalue weighted by Crippen LogP contribution is -2.67. The molecule has 0 aromatic heterocycles. The zero-order valence-electron chi connectivity index (χ0n) is 22.4. The van der Waals surface area contributed by atoms with Gasteiger partial charge in [-0.3, -0.25) is 0 Å². The van der Waals surface area contributed by atoms with E-state index in [4.69, 9.17) is 21.8 Å². The predicted molar refractivity (Wildman–Crippen MR) is 141 cm³/mol. The van der Waals surface area contributed by atoms with Crippen LogP contribution in [0.5, 0.6) is 0 Å². The lowest BCUT2D eigenvalue weighted by atomic mass is 9.98. The standard InChI is InChI=1S/C22H46O7Si4/c1-11-22(26-21(24)18-17-20(23)25-19-15-13-12-14-16-19)33(27-30(2,3)4,28-31(5,6)7)29-32(8,9)10/h17-19,22H,11-16H2,1-10H3/b18-17+. The largest absolute Gasteiger partial charge is 0.512 e. The molecule has 192 valence electrons. The summed E-state index contributed by atoms with van der Waals surface area (Å²) < 4.78 is 31.3. The minimum Gasteiger partial charge on any atom is -0.459 e. The van der Waals surface area contributed by atoms with Crippen LogP contribution in [0.2, 0.25) is 58.9 Å². The molecule has 11 heteroatoms. The fourth-order valence-corrected chi connectivity index (χ4v) is 17.9. The molecule has 1 fully saturated rings. The van der Waals surface area contributed by atoms with Crippen molar-refractivity contribution < 1.29 is 31.4 Å². The van der Waals surface area contributed by atoms with E-state index in [2.05, 4.69) is 58.9 Å². The van der Waals surface area contributed by atoms with Crippen molar-refractivity contribution in [3.8, 4) is 0 Å². The van der Waals surface area contributed by atoms with Crippen LogP contribution in [0.4, 0.5) is 0 Å². The summed E-state index contributed by atoms with van der Waals surface area (Å²) in [5, 5.41) is 0. The van der Waals surface area contributed by atoms with Crippen molar-refractivity contribution in [2.45, 2.75) is 116 Å². The Morgan fingerprint density at radius 1 is 0.758 bits per heavy atom. The third kappa shape index (κ3) is 12.6. The first kappa shape index (κ1) is 30.5. The van der Waals surface area contributed by atoms with Crippen molar-refractivity contribution in [1.29, 1.82) is 0 Å². The second-order valence-electron chi connectivity index (χ2n) is 11.6. The smallest absolute Gasteiger partial charge is 0.459 e. The first-order valence-corrected chi connectivity index (χ1v) is 24.2. The van der Waals surface area contributed by atoms with Crippen molar-refractivity contribution in [2.24, 2.45) is 0 Å². The molecule has 0 heterocycles. The highest BCUT2D eigenvalue weighted by atomic mass is 28.5. The van der Waals surface area contributed by atoms with Gasteiger partial charge >= 0.3 is 20.7 Å². The van der Waals surface area contributed by atoms with Gasteiger partial charge in [0.2, 0.25) is 0 Å². The molecule has 0 bridgehead atoms. The molecule has 1 saturated carbocycles. The molecule has 0 radical (unpaired) electrons. The van der Waals surface area contributed by atoms with Crippen LogP contribution in [0.15, 0.2) is 12.2 Å². The Morgan fingerprint density at radius 3 is 1.58 bits per heavy atom. The summed E-state index contributed by atoms with van der Waals surface area (Å²) in [5.74, 6) is -1.12. The average Bonchev–Trinajstić information content (AvgIpc) is 2.60. The zero-order valence-corrected chi connectivity index (χ0v) is 26.4. The number of ether oxygens (including phenoxy) is 2. The van der Waals surface area contributed by atoms with Gasteiger partial charge in [-0.15, -0.1) is 0 Å². The summed E-state index contributed by atoms with van der Waals surface area (Å²) in [6.45, 7) is 20.7. The molecule has 1 rings (SSSR count). The Labute approximate surface area is 205 Å². The van der Waals surface area contributed by atoms with Crippen molar-refractivity contribution in [3.05, 3.63) is 12.2 Å². The Bertz CT molecular complexity index is 631. The summed E-state index contributed by atoms with van der Waals surface area (Å²) in [4.78, 5) is 24.9. The van der Waals surface area contributed by atoms with Crippen LogP contribution in [0.25, 0.3) is 0 Å². The SMILES string of the molecule is CCC(OC(=O)/C=C/C(=O)OC1CCCCC1)[Si](O[Si](C)(C)C)(O[Si](C)(C)C)O[Si](C)(C)C. The van der Waals surface area contributed by atoms with Crippen LogP contribution in [-0.4, -0.2) is 57.5 Å². The molecule has 7 nitrogen and oxygen atoms in total. The molecule has 0 spiro atoms. The highest BCUT2D eigenvalue weighted by Gasteiger charge is 2.57. The molecule has 1 aliphatic rings. The number of hydrogen-bond acceptors (Lipinski definition) is 7. The van der Waals surface area contributed by atoms with Gasteiger partial charge < -0.3 is 21.8 Å². The van der Waals surface area contributed by atoms with Crippen LogP contribution < -0.4 is 0 Å². The molecule has 0 aliphatic heterocycles. The maximum absolute atomic E-state index is 12.7. The summed E-state index contributed by atoms with van der Waals surface area (Å²) >= 11 is 0. The quantitative estimate of drug-likeness (QED) is 0.178. The number of carbonyl (C=O) groups excluding carboxylic acids is 2. The molecular formula is C22H46O7Si4. The third-order valence-electron chi connectivity index (χ3n) is 4.56. The van der Waals surface area contributed by atoms with E-state index in [1.165, 1.54) is 6.42 Å². The van der Waals surface area contributed by atoms with Crippen LogP contribution >= 0.6 is 0 Å². The molecule has 0 amide bonds. The van der Waals surface area contributed by atoms with E-state index in [-0.39, 0.29) is 6.10 Å². The number of carbonyl (C=O) groups is 2. The molecule has 1 aliphatic carbocycles. The summed E-state index contributed by atoms with van der Waals surface area (Å²) in [6.07, 6.45) is 7.82. The molecule has 1 unspecified atom stereocenters. The van der Waals surface area contributed by atoms with Crippen molar-refractivity contribution >= 4 is 45.7 Å². The molecule has 0 N–H and O–H groups in total. The van der Waals surface area contributed by atoms with E-state index in [9.17, 15) is 9.59 Å². The van der Waals surface area contributed by atoms with Crippen LogP contribution in [0.1, 0.15) is 45.4 Å². The fourth-order valence-electron chi connectivity index (χ4n) is 3.65. The highest BCUT2D eigenvalue weighted by molar-refractivity contribution is 6.90. The maximum Gasteiger partial charge on any atom is 0.512 e. The third-order valence-corrected chi connectivity index (χ3v) is 16.6. The summed E-state index contributed by atoms with van der Waals surface area (Å²) in [6, 6.07) is 0. The van der Waals surface area contributed by atoms with Gasteiger partial charge in [-0.1, -0.05) is 13.3 Å². The van der Waals surface area contributed by atoms with Gasteiger partial charge in [0, 0.05) is 12.2 Å². The molecule has 0 saturated heterocycles. The van der Waals surface area contributed by atoms with Crippen molar-refractivity contribution in [3.63, 3.8) is 0 Å². The lowest BCUT2D eigenvalue weighted by molar-refractivity contribution is -0.146. The van der Waals surface area contributed by atoms with Crippen LogP contribution in [-0.2, 0) is 31.4 Å². The number of rotatable bonds is 12. The first-order valence-electron chi connectivity index (χ1n) is 12.1. The van der Waals surface area contributed by atoms with Gasteiger partial charge in [-0.05, 0) is 91.0 Å².